The first-order valence-corrected chi connectivity index (χ1v) is 5.99. The molecule has 0 saturated heterocycles. The van der Waals surface area contributed by atoms with Gasteiger partial charge >= 0.3 is 0 Å². The van der Waals surface area contributed by atoms with Gasteiger partial charge in [0.25, 0.3) is 0 Å². The number of hydrogen-bond donors (Lipinski definition) is 1. The zero-order valence-corrected chi connectivity index (χ0v) is 9.39. The predicted octanol–water partition coefficient (Wildman–Crippen LogP) is 0.893. The number of halogens is 1. The number of hydrogen-bond acceptors (Lipinski definition) is 3. The first kappa shape index (κ1) is 10.6. The molecule has 1 N–H and O–H groups in total. The summed E-state index contributed by atoms with van der Waals surface area (Å²) in [5.41, 5.74) is 0.656. The van der Waals surface area contributed by atoms with E-state index in [4.69, 9.17) is 0 Å². The summed E-state index contributed by atoms with van der Waals surface area (Å²) in [4.78, 5) is 3.86. The van der Waals surface area contributed by atoms with Crippen molar-refractivity contribution in [1.82, 2.24) is 9.71 Å². The number of rotatable bonds is 3. The molecule has 0 saturated carbocycles. The largest absolute Gasteiger partial charge is 0.263 e. The quantitative estimate of drug-likeness (QED) is 0.883. The third kappa shape index (κ3) is 3.41. The Kier molecular flexibility index (Phi) is 3.40. The molecule has 1 aromatic rings. The molecule has 0 radical (unpaired) electrons. The summed E-state index contributed by atoms with van der Waals surface area (Å²) in [6.45, 7) is 0. The fraction of sp³-hybridized carbons (Fsp3) is 0.286. The van der Waals surface area contributed by atoms with Crippen LogP contribution in [0.5, 0.6) is 0 Å². The number of nitrogens with one attached hydrogen (secondary N) is 1. The van der Waals surface area contributed by atoms with E-state index in [2.05, 4.69) is 25.6 Å². The lowest BCUT2D eigenvalue weighted by atomic mass is 10.3. The lowest BCUT2D eigenvalue weighted by molar-refractivity contribution is 0.587. The van der Waals surface area contributed by atoms with E-state index < -0.39 is 10.0 Å². The van der Waals surface area contributed by atoms with Crippen molar-refractivity contribution in [2.24, 2.45) is 0 Å². The normalized spacial score (nSPS) is 11.5. The van der Waals surface area contributed by atoms with Gasteiger partial charge in [0.15, 0.2) is 0 Å². The van der Waals surface area contributed by atoms with Gasteiger partial charge in [-0.15, -0.1) is 0 Å². The lowest BCUT2D eigenvalue weighted by Gasteiger charge is -2.01. The molecule has 0 aliphatic carbocycles. The molecule has 13 heavy (non-hydrogen) atoms. The Morgan fingerprint density at radius 2 is 2.23 bits per heavy atom. The summed E-state index contributed by atoms with van der Waals surface area (Å²) in [7, 11) is -1.81. The molecule has 0 aliphatic heterocycles. The van der Waals surface area contributed by atoms with Gasteiger partial charge in [-0.3, -0.25) is 4.98 Å². The van der Waals surface area contributed by atoms with Gasteiger partial charge in [0.2, 0.25) is 10.0 Å². The maximum Gasteiger partial charge on any atom is 0.215 e. The van der Waals surface area contributed by atoms with Crippen molar-refractivity contribution >= 4 is 26.0 Å². The van der Waals surface area contributed by atoms with Crippen LogP contribution in [-0.4, -0.2) is 20.4 Å². The molecule has 1 rings (SSSR count). The van der Waals surface area contributed by atoms with Gasteiger partial charge in [-0.25, -0.2) is 13.1 Å². The molecule has 0 aromatic carbocycles. The lowest BCUT2D eigenvalue weighted by Crippen LogP contribution is -2.20. The van der Waals surface area contributed by atoms with Gasteiger partial charge in [-0.05, 0) is 34.6 Å². The van der Waals surface area contributed by atoms with Crippen molar-refractivity contribution in [2.45, 2.75) is 5.75 Å². The number of aromatic nitrogens is 1. The molecule has 1 aromatic heterocycles. The van der Waals surface area contributed by atoms with Crippen molar-refractivity contribution in [3.8, 4) is 0 Å². The first-order valence-electron chi connectivity index (χ1n) is 3.54. The molecule has 4 nitrogen and oxygen atoms in total. The second-order valence-electron chi connectivity index (χ2n) is 2.47. The summed E-state index contributed by atoms with van der Waals surface area (Å²) in [6.07, 6.45) is 3.13. The van der Waals surface area contributed by atoms with Crippen molar-refractivity contribution in [2.75, 3.05) is 7.05 Å². The molecule has 0 fully saturated rings. The molecule has 6 heteroatoms. The second kappa shape index (κ2) is 4.17. The minimum atomic E-state index is -3.20. The average molecular weight is 265 g/mol. The standard InChI is InChI=1S/C7H9BrN2O2S/c1-9-13(11,12)5-6-2-7(8)4-10-3-6/h2-4,9H,5H2,1H3. The SMILES string of the molecule is CNS(=O)(=O)Cc1cncc(Br)c1. The summed E-state index contributed by atoms with van der Waals surface area (Å²) in [5, 5.41) is 0. The molecule has 0 aliphatic rings. The second-order valence-corrected chi connectivity index (χ2v) is 5.32. The molecule has 0 spiro atoms. The van der Waals surface area contributed by atoms with Crippen LogP contribution in [0.1, 0.15) is 5.56 Å². The monoisotopic (exact) mass is 264 g/mol. The van der Waals surface area contributed by atoms with E-state index in [0.717, 1.165) is 4.47 Å². The first-order chi connectivity index (χ1) is 6.03. The summed E-state index contributed by atoms with van der Waals surface area (Å²) >= 11 is 3.21. The van der Waals surface area contributed by atoms with Crippen LogP contribution in [0.2, 0.25) is 0 Å². The summed E-state index contributed by atoms with van der Waals surface area (Å²) in [6, 6.07) is 1.72. The zero-order valence-electron chi connectivity index (χ0n) is 6.99. The van der Waals surface area contributed by atoms with E-state index in [9.17, 15) is 8.42 Å². The van der Waals surface area contributed by atoms with Gasteiger partial charge in [0.05, 0.1) is 5.75 Å². The van der Waals surface area contributed by atoms with Gasteiger partial charge < -0.3 is 0 Å². The van der Waals surface area contributed by atoms with Gasteiger partial charge in [-0.1, -0.05) is 0 Å². The molecular formula is C7H9BrN2O2S. The third-order valence-corrected chi connectivity index (χ3v) is 3.20. The van der Waals surface area contributed by atoms with Crippen LogP contribution in [0.15, 0.2) is 22.9 Å². The molecular weight excluding hydrogens is 256 g/mol. The molecule has 0 unspecified atom stereocenters. The minimum Gasteiger partial charge on any atom is -0.263 e. The van der Waals surface area contributed by atoms with Crippen LogP contribution >= 0.6 is 15.9 Å². The Morgan fingerprint density at radius 3 is 2.77 bits per heavy atom. The van der Waals surface area contributed by atoms with Crippen LogP contribution in [0.3, 0.4) is 0 Å². The highest BCUT2D eigenvalue weighted by molar-refractivity contribution is 9.10. The Labute approximate surface area is 85.6 Å². The van der Waals surface area contributed by atoms with Crippen LogP contribution in [0.25, 0.3) is 0 Å². The van der Waals surface area contributed by atoms with Crippen molar-refractivity contribution in [3.05, 3.63) is 28.5 Å². The van der Waals surface area contributed by atoms with E-state index in [1.165, 1.54) is 13.2 Å². The number of nitrogens with zero attached hydrogens (tertiary/aromatic N) is 1. The summed E-state index contributed by atoms with van der Waals surface area (Å²) in [5.74, 6) is -0.0457. The predicted molar refractivity (Wildman–Crippen MR) is 53.6 cm³/mol. The molecule has 0 atom stereocenters. The van der Waals surface area contributed by atoms with Gasteiger partial charge in [-0.2, -0.15) is 0 Å². The van der Waals surface area contributed by atoms with E-state index >= 15 is 0 Å². The van der Waals surface area contributed by atoms with Crippen molar-refractivity contribution in [1.29, 1.82) is 0 Å². The van der Waals surface area contributed by atoms with Crippen molar-refractivity contribution in [3.63, 3.8) is 0 Å². The van der Waals surface area contributed by atoms with Crippen LogP contribution in [-0.2, 0) is 15.8 Å². The van der Waals surface area contributed by atoms with E-state index in [1.54, 1.807) is 12.3 Å². The Balaban J connectivity index is 2.87. The minimum absolute atomic E-state index is 0.0457. The Bertz CT molecular complexity index is 391. The highest BCUT2D eigenvalue weighted by Crippen LogP contribution is 2.11. The highest BCUT2D eigenvalue weighted by Gasteiger charge is 2.08. The maximum atomic E-state index is 11.1. The van der Waals surface area contributed by atoms with Crippen LogP contribution < -0.4 is 4.72 Å². The zero-order chi connectivity index (χ0) is 9.90. The van der Waals surface area contributed by atoms with E-state index in [0.29, 0.717) is 5.56 Å². The van der Waals surface area contributed by atoms with Crippen LogP contribution in [0, 0.1) is 0 Å². The van der Waals surface area contributed by atoms with E-state index in [-0.39, 0.29) is 5.75 Å². The topological polar surface area (TPSA) is 59.1 Å². The highest BCUT2D eigenvalue weighted by atomic mass is 79.9. The average Bonchev–Trinajstić information content (AvgIpc) is 2.03. The molecule has 0 amide bonds. The summed E-state index contributed by atoms with van der Waals surface area (Å²) < 4.78 is 25.3. The van der Waals surface area contributed by atoms with Crippen LogP contribution in [0.4, 0.5) is 0 Å². The number of pyridine rings is 1. The Morgan fingerprint density at radius 1 is 1.54 bits per heavy atom. The molecule has 0 bridgehead atoms. The maximum absolute atomic E-state index is 11.1. The number of sulfonamides is 1. The van der Waals surface area contributed by atoms with E-state index in [1.807, 2.05) is 0 Å². The molecule has 1 heterocycles. The Hall–Kier alpha value is -0.460. The fourth-order valence-electron chi connectivity index (χ4n) is 0.826. The fourth-order valence-corrected chi connectivity index (χ4v) is 1.98. The van der Waals surface area contributed by atoms with Crippen molar-refractivity contribution < 1.29 is 8.42 Å². The smallest absolute Gasteiger partial charge is 0.215 e. The molecule has 72 valence electrons. The third-order valence-electron chi connectivity index (χ3n) is 1.43. The van der Waals surface area contributed by atoms with Gasteiger partial charge in [0.1, 0.15) is 0 Å². The van der Waals surface area contributed by atoms with Gasteiger partial charge in [0, 0.05) is 16.9 Å².